The highest BCUT2D eigenvalue weighted by molar-refractivity contribution is 7.09. The highest BCUT2D eigenvalue weighted by Gasteiger charge is 2.18. The van der Waals surface area contributed by atoms with E-state index in [0.717, 1.165) is 23.5 Å². The molecule has 1 aromatic heterocycles. The Balaban J connectivity index is 1.73. The van der Waals surface area contributed by atoms with Crippen LogP contribution in [0.5, 0.6) is 17.2 Å². The molecule has 3 aromatic rings. The fourth-order valence-electron chi connectivity index (χ4n) is 2.96. The Kier molecular flexibility index (Phi) is 7.83. The lowest BCUT2D eigenvalue weighted by molar-refractivity contribution is -0.137. The van der Waals surface area contributed by atoms with E-state index in [-0.39, 0.29) is 60.0 Å². The van der Waals surface area contributed by atoms with Gasteiger partial charge in [-0.2, -0.15) is 0 Å². The predicted molar refractivity (Wildman–Crippen MR) is 115 cm³/mol. The third-order valence-corrected chi connectivity index (χ3v) is 5.37. The van der Waals surface area contributed by atoms with Gasteiger partial charge >= 0.3 is 5.97 Å². The monoisotopic (exact) mass is 475 g/mol. The van der Waals surface area contributed by atoms with Crippen LogP contribution >= 0.6 is 11.3 Å². The minimum Gasteiger partial charge on any atom is -0.493 e. The van der Waals surface area contributed by atoms with Crippen molar-refractivity contribution in [1.29, 1.82) is 0 Å². The van der Waals surface area contributed by atoms with Crippen LogP contribution in [-0.4, -0.2) is 34.7 Å². The van der Waals surface area contributed by atoms with E-state index in [1.807, 2.05) is 0 Å². The van der Waals surface area contributed by atoms with Crippen LogP contribution in [0.2, 0.25) is 0 Å². The molecule has 0 aliphatic rings. The summed E-state index contributed by atoms with van der Waals surface area (Å²) < 4.78 is 38.8. The Morgan fingerprint density at radius 1 is 1.06 bits per heavy atom. The number of carboxylic acid groups (broad SMARTS) is 1. The third-order valence-electron chi connectivity index (χ3n) is 4.52. The maximum absolute atomic E-state index is 14.2. The summed E-state index contributed by atoms with van der Waals surface area (Å²) in [5.41, 5.74) is 0.310. The van der Waals surface area contributed by atoms with Crippen molar-refractivity contribution in [2.75, 3.05) is 7.11 Å². The summed E-state index contributed by atoms with van der Waals surface area (Å²) in [6.07, 6.45) is -0.822. The molecule has 172 valence electrons. The van der Waals surface area contributed by atoms with E-state index in [2.05, 4.69) is 4.98 Å². The van der Waals surface area contributed by atoms with E-state index in [9.17, 15) is 23.2 Å². The van der Waals surface area contributed by atoms with Gasteiger partial charge in [0.1, 0.15) is 28.1 Å². The fraction of sp³-hybridized carbons (Fsp3) is 0.217. The van der Waals surface area contributed by atoms with Crippen molar-refractivity contribution in [3.63, 3.8) is 0 Å². The molecule has 0 atom stereocenters. The zero-order valence-electron chi connectivity index (χ0n) is 17.5. The van der Waals surface area contributed by atoms with Crippen LogP contribution in [0.15, 0.2) is 41.8 Å². The topological polar surface area (TPSA) is 103 Å². The molecule has 2 aromatic carbocycles. The van der Waals surface area contributed by atoms with E-state index < -0.39 is 23.4 Å². The zero-order chi connectivity index (χ0) is 24.0. The molecule has 1 N–H and O–H groups in total. The number of ether oxygens (including phenoxy) is 2. The predicted octanol–water partition coefficient (Wildman–Crippen LogP) is 4.62. The van der Waals surface area contributed by atoms with Crippen molar-refractivity contribution in [2.24, 2.45) is 0 Å². The second-order valence-corrected chi connectivity index (χ2v) is 7.90. The summed E-state index contributed by atoms with van der Waals surface area (Å²) in [6, 6.07) is 7.70. The highest BCUT2D eigenvalue weighted by atomic mass is 32.1. The van der Waals surface area contributed by atoms with Gasteiger partial charge in [-0.25, -0.2) is 13.8 Å². The Bertz CT molecular complexity index is 1190. The molecule has 1 heterocycles. The number of ketones is 2. The molecule has 3 rings (SSSR count). The van der Waals surface area contributed by atoms with Gasteiger partial charge in [0, 0.05) is 23.8 Å². The van der Waals surface area contributed by atoms with Gasteiger partial charge in [0.25, 0.3) is 0 Å². The lowest BCUT2D eigenvalue weighted by Gasteiger charge is -2.14. The van der Waals surface area contributed by atoms with Gasteiger partial charge in [0.15, 0.2) is 17.3 Å². The van der Waals surface area contributed by atoms with E-state index in [1.54, 1.807) is 0 Å². The van der Waals surface area contributed by atoms with Crippen LogP contribution in [0.25, 0.3) is 0 Å². The number of carboxylic acids is 1. The molecule has 0 saturated carbocycles. The van der Waals surface area contributed by atoms with Crippen LogP contribution in [0.1, 0.15) is 33.9 Å². The Hall–Kier alpha value is -3.66. The number of Topliss-reactive ketones (excluding diaryl/α,β-unsaturated/α-hetero) is 2. The van der Waals surface area contributed by atoms with Gasteiger partial charge in [-0.05, 0) is 30.3 Å². The summed E-state index contributed by atoms with van der Waals surface area (Å²) in [5.74, 6) is -3.07. The summed E-state index contributed by atoms with van der Waals surface area (Å²) in [6.45, 7) is 0. The standard InChI is InChI=1S/C23H19F2NO6S/c1-31-20-4-2-3-16(25)23(20)32-19-7-5-14(24)9-13(19)10-15(27)11-21-26-17(12-33-21)18(28)6-8-22(29)30/h2-5,7,9,12H,6,8,10-11H2,1H3,(H,29,30). The molecule has 0 fully saturated rings. The number of carbonyl (C=O) groups excluding carboxylic acids is 2. The first-order valence-corrected chi connectivity index (χ1v) is 10.6. The number of thiazole rings is 1. The highest BCUT2D eigenvalue weighted by Crippen LogP contribution is 2.35. The molecule has 0 aliphatic carbocycles. The number of para-hydroxylation sites is 1. The molecular weight excluding hydrogens is 456 g/mol. The van der Waals surface area contributed by atoms with E-state index in [4.69, 9.17) is 14.6 Å². The van der Waals surface area contributed by atoms with Crippen LogP contribution in [0, 0.1) is 11.6 Å². The van der Waals surface area contributed by atoms with Gasteiger partial charge in [-0.1, -0.05) is 6.07 Å². The molecule has 33 heavy (non-hydrogen) atoms. The fourth-order valence-corrected chi connectivity index (χ4v) is 3.78. The molecule has 0 saturated heterocycles. The molecule has 0 radical (unpaired) electrons. The first-order chi connectivity index (χ1) is 15.8. The quantitative estimate of drug-likeness (QED) is 0.404. The number of aliphatic carboxylic acids is 1. The van der Waals surface area contributed by atoms with Crippen molar-refractivity contribution in [1.82, 2.24) is 4.98 Å². The molecule has 0 amide bonds. The van der Waals surface area contributed by atoms with Gasteiger partial charge in [-0.3, -0.25) is 14.4 Å². The van der Waals surface area contributed by atoms with Crippen molar-refractivity contribution in [3.8, 4) is 17.2 Å². The van der Waals surface area contributed by atoms with Crippen molar-refractivity contribution in [3.05, 3.63) is 69.7 Å². The average Bonchev–Trinajstić information content (AvgIpc) is 3.23. The maximum atomic E-state index is 14.2. The molecule has 0 spiro atoms. The van der Waals surface area contributed by atoms with Crippen LogP contribution in [0.3, 0.4) is 0 Å². The molecule has 7 nitrogen and oxygen atoms in total. The minimum atomic E-state index is -1.09. The molecule has 10 heteroatoms. The molecule has 0 unspecified atom stereocenters. The Morgan fingerprint density at radius 2 is 1.85 bits per heavy atom. The second-order valence-electron chi connectivity index (χ2n) is 6.96. The summed E-state index contributed by atoms with van der Waals surface area (Å²) in [4.78, 5) is 39.3. The lowest BCUT2D eigenvalue weighted by atomic mass is 10.1. The Morgan fingerprint density at radius 3 is 2.58 bits per heavy atom. The average molecular weight is 475 g/mol. The second kappa shape index (κ2) is 10.8. The van der Waals surface area contributed by atoms with Crippen molar-refractivity contribution >= 4 is 28.9 Å². The third kappa shape index (κ3) is 6.42. The molecular formula is C23H19F2NO6S. The van der Waals surface area contributed by atoms with E-state index in [1.165, 1.54) is 36.8 Å². The van der Waals surface area contributed by atoms with Gasteiger partial charge in [0.2, 0.25) is 5.75 Å². The normalized spacial score (nSPS) is 10.6. The largest absolute Gasteiger partial charge is 0.493 e. The number of halogens is 2. The van der Waals surface area contributed by atoms with Crippen LogP contribution in [0.4, 0.5) is 8.78 Å². The number of methoxy groups -OCH3 is 1. The van der Waals surface area contributed by atoms with Crippen LogP contribution < -0.4 is 9.47 Å². The minimum absolute atomic E-state index is 0.0943. The first-order valence-electron chi connectivity index (χ1n) is 9.76. The number of nitrogens with zero attached hydrogens (tertiary/aromatic N) is 1. The van der Waals surface area contributed by atoms with Gasteiger partial charge < -0.3 is 14.6 Å². The summed E-state index contributed by atoms with van der Waals surface area (Å²) in [5, 5.41) is 10.5. The zero-order valence-corrected chi connectivity index (χ0v) is 18.3. The van der Waals surface area contributed by atoms with Gasteiger partial charge in [0.05, 0.1) is 20.0 Å². The number of rotatable bonds is 11. The first kappa shape index (κ1) is 24.0. The SMILES string of the molecule is COc1cccc(F)c1Oc1ccc(F)cc1CC(=O)Cc1nc(C(=O)CCC(=O)O)cs1. The molecule has 0 aliphatic heterocycles. The lowest BCUT2D eigenvalue weighted by Crippen LogP contribution is -2.09. The van der Waals surface area contributed by atoms with Crippen molar-refractivity contribution in [2.45, 2.75) is 25.7 Å². The van der Waals surface area contributed by atoms with Crippen LogP contribution in [-0.2, 0) is 22.4 Å². The number of aromatic nitrogens is 1. The summed E-state index contributed by atoms with van der Waals surface area (Å²) >= 11 is 1.10. The number of hydrogen-bond donors (Lipinski definition) is 1. The number of carbonyl (C=O) groups is 3. The smallest absolute Gasteiger partial charge is 0.303 e. The van der Waals surface area contributed by atoms with E-state index in [0.29, 0.717) is 5.01 Å². The Labute approximate surface area is 191 Å². The maximum Gasteiger partial charge on any atom is 0.303 e. The van der Waals surface area contributed by atoms with Gasteiger partial charge in [-0.15, -0.1) is 11.3 Å². The van der Waals surface area contributed by atoms with Crippen molar-refractivity contribution < 1.29 is 37.7 Å². The number of hydrogen-bond acceptors (Lipinski definition) is 7. The molecule has 0 bridgehead atoms. The number of benzene rings is 2. The van der Waals surface area contributed by atoms with E-state index >= 15 is 0 Å². The summed E-state index contributed by atoms with van der Waals surface area (Å²) in [7, 11) is 1.35.